The molecule has 0 spiro atoms. The van der Waals surface area contributed by atoms with E-state index in [1.165, 1.54) is 5.56 Å². The molecule has 6 rings (SSSR count). The van der Waals surface area contributed by atoms with Crippen LogP contribution in [0.25, 0.3) is 22.1 Å². The Hall–Kier alpha value is -3.56. The molecule has 0 saturated carbocycles. The van der Waals surface area contributed by atoms with E-state index >= 15 is 0 Å². The summed E-state index contributed by atoms with van der Waals surface area (Å²) in [5.41, 5.74) is 19.7. The van der Waals surface area contributed by atoms with Crippen molar-refractivity contribution in [2.75, 3.05) is 26.2 Å². The van der Waals surface area contributed by atoms with Crippen LogP contribution in [0.3, 0.4) is 0 Å². The Kier molecular flexibility index (Phi) is 6.25. The first-order valence-corrected chi connectivity index (χ1v) is 12.6. The third kappa shape index (κ3) is 4.40. The Morgan fingerprint density at radius 1 is 0.778 bits per heavy atom. The Morgan fingerprint density at radius 2 is 1.50 bits per heavy atom. The number of nitrogens with zero attached hydrogens (tertiary/aromatic N) is 3. The predicted molar refractivity (Wildman–Crippen MR) is 143 cm³/mol. The van der Waals surface area contributed by atoms with E-state index in [2.05, 4.69) is 56.6 Å². The van der Waals surface area contributed by atoms with Gasteiger partial charge in [-0.25, -0.2) is 9.97 Å². The Bertz CT molecular complexity index is 1420. The number of imidazole rings is 2. The molecule has 3 heterocycles. The molecule has 36 heavy (non-hydrogen) atoms. The zero-order valence-electron chi connectivity index (χ0n) is 20.2. The molecule has 0 amide bonds. The summed E-state index contributed by atoms with van der Waals surface area (Å²) >= 11 is 0. The average molecular weight is 481 g/mol. The van der Waals surface area contributed by atoms with Gasteiger partial charge in [0.15, 0.2) is 0 Å². The van der Waals surface area contributed by atoms with Crippen molar-refractivity contribution in [3.8, 4) is 0 Å². The van der Waals surface area contributed by atoms with Gasteiger partial charge in [-0.15, -0.1) is 0 Å². The minimum absolute atomic E-state index is 0.0371. The van der Waals surface area contributed by atoms with Crippen molar-refractivity contribution in [1.82, 2.24) is 30.2 Å². The van der Waals surface area contributed by atoms with Crippen LogP contribution in [0, 0.1) is 0 Å². The number of benzene rings is 3. The monoisotopic (exact) mass is 480 g/mol. The highest BCUT2D eigenvalue weighted by molar-refractivity contribution is 5.79. The lowest BCUT2D eigenvalue weighted by Crippen LogP contribution is -2.47. The highest BCUT2D eigenvalue weighted by Gasteiger charge is 2.31. The lowest BCUT2D eigenvalue weighted by molar-refractivity contribution is 0.149. The van der Waals surface area contributed by atoms with Crippen LogP contribution in [0.5, 0.6) is 0 Å². The number of aromatic nitrogens is 4. The molecule has 5 aromatic rings. The summed E-state index contributed by atoms with van der Waals surface area (Å²) in [5.74, 6) is 1.57. The first-order valence-electron chi connectivity index (χ1n) is 12.6. The second kappa shape index (κ2) is 9.83. The predicted octanol–water partition coefficient (Wildman–Crippen LogP) is 3.33. The van der Waals surface area contributed by atoms with Gasteiger partial charge in [-0.05, 0) is 35.7 Å². The van der Waals surface area contributed by atoms with E-state index < -0.39 is 0 Å². The lowest BCUT2D eigenvalue weighted by atomic mass is 9.97. The van der Waals surface area contributed by atoms with Gasteiger partial charge in [-0.1, -0.05) is 54.6 Å². The van der Waals surface area contributed by atoms with Gasteiger partial charge in [-0.3, -0.25) is 4.90 Å². The van der Waals surface area contributed by atoms with Crippen LogP contribution in [0.4, 0.5) is 0 Å². The standard InChI is InChI=1S/C28H32N8/c29-20(27-32-21-10-4-5-11-22(21)33-27)17-19-9-6-12-23-25(19)35-28(34-23)24(30)26(18-7-2-1-3-8-18)36-15-13-31-14-16-36/h1-12,20,24,26,31H,13-17,29-30H2,(H,32,33)(H,34,35). The fourth-order valence-corrected chi connectivity index (χ4v) is 5.32. The first-order chi connectivity index (χ1) is 17.7. The molecule has 0 aliphatic carbocycles. The number of H-pyrrole nitrogens is 2. The van der Waals surface area contributed by atoms with Gasteiger partial charge in [0.25, 0.3) is 0 Å². The highest BCUT2D eigenvalue weighted by Crippen LogP contribution is 2.33. The van der Waals surface area contributed by atoms with Gasteiger partial charge >= 0.3 is 0 Å². The summed E-state index contributed by atoms with van der Waals surface area (Å²) in [6, 6.07) is 24.2. The minimum Gasteiger partial charge on any atom is -0.341 e. The molecule has 1 aliphatic rings. The molecule has 7 N–H and O–H groups in total. The summed E-state index contributed by atoms with van der Waals surface area (Å²) < 4.78 is 0. The highest BCUT2D eigenvalue weighted by atomic mass is 15.2. The topological polar surface area (TPSA) is 125 Å². The first kappa shape index (κ1) is 22.9. The van der Waals surface area contributed by atoms with Gasteiger partial charge in [0.1, 0.15) is 11.6 Å². The largest absolute Gasteiger partial charge is 0.341 e. The van der Waals surface area contributed by atoms with Crippen molar-refractivity contribution in [1.29, 1.82) is 0 Å². The number of aromatic amines is 2. The summed E-state index contributed by atoms with van der Waals surface area (Å²) in [7, 11) is 0. The van der Waals surface area contributed by atoms with Gasteiger partial charge in [0, 0.05) is 26.2 Å². The van der Waals surface area contributed by atoms with Gasteiger partial charge in [0.05, 0.1) is 40.2 Å². The van der Waals surface area contributed by atoms with Crippen molar-refractivity contribution in [2.24, 2.45) is 11.5 Å². The van der Waals surface area contributed by atoms with E-state index in [1.54, 1.807) is 0 Å². The van der Waals surface area contributed by atoms with Crippen LogP contribution >= 0.6 is 0 Å². The normalized spacial score (nSPS) is 17.4. The van der Waals surface area contributed by atoms with E-state index in [0.717, 1.165) is 65.5 Å². The smallest absolute Gasteiger partial charge is 0.126 e. The molecule has 2 aromatic heterocycles. The molecule has 3 unspecified atom stereocenters. The van der Waals surface area contributed by atoms with E-state index in [-0.39, 0.29) is 18.1 Å². The second-order valence-electron chi connectivity index (χ2n) is 9.55. The summed E-state index contributed by atoms with van der Waals surface area (Å²) in [6.07, 6.45) is 0.622. The number of hydrogen-bond acceptors (Lipinski definition) is 6. The summed E-state index contributed by atoms with van der Waals surface area (Å²) in [4.78, 5) is 19.1. The van der Waals surface area contributed by atoms with Crippen molar-refractivity contribution in [3.05, 3.63) is 95.6 Å². The van der Waals surface area contributed by atoms with Crippen LogP contribution in [0.2, 0.25) is 0 Å². The zero-order chi connectivity index (χ0) is 24.5. The quantitative estimate of drug-likeness (QED) is 0.243. The van der Waals surface area contributed by atoms with E-state index in [1.807, 2.05) is 36.4 Å². The molecule has 8 nitrogen and oxygen atoms in total. The second-order valence-corrected chi connectivity index (χ2v) is 9.55. The van der Waals surface area contributed by atoms with Gasteiger partial charge in [-0.2, -0.15) is 0 Å². The molecule has 8 heteroatoms. The molecule has 0 bridgehead atoms. The summed E-state index contributed by atoms with van der Waals surface area (Å²) in [5, 5.41) is 3.44. The number of nitrogens with two attached hydrogens (primary N) is 2. The third-order valence-electron chi connectivity index (χ3n) is 7.16. The molecule has 184 valence electrons. The third-order valence-corrected chi connectivity index (χ3v) is 7.16. The minimum atomic E-state index is -0.296. The SMILES string of the molecule is NC(Cc1cccc2[nH]c(C(N)C(c3ccccc3)N3CCNCC3)nc12)c1nc2ccccc2[nH]1. The van der Waals surface area contributed by atoms with Crippen LogP contribution in [0.15, 0.2) is 72.8 Å². The Labute approximate surface area is 210 Å². The van der Waals surface area contributed by atoms with E-state index in [0.29, 0.717) is 6.42 Å². The molecule has 1 fully saturated rings. The molecular weight excluding hydrogens is 448 g/mol. The Morgan fingerprint density at radius 3 is 2.31 bits per heavy atom. The zero-order valence-corrected chi connectivity index (χ0v) is 20.2. The Balaban J connectivity index is 1.31. The molecule has 0 radical (unpaired) electrons. The lowest BCUT2D eigenvalue weighted by Gasteiger charge is -2.37. The van der Waals surface area contributed by atoms with Crippen molar-refractivity contribution in [3.63, 3.8) is 0 Å². The fraction of sp³-hybridized carbons (Fsp3) is 0.286. The number of para-hydroxylation sites is 3. The number of piperazine rings is 1. The maximum Gasteiger partial charge on any atom is 0.126 e. The molecule has 3 atom stereocenters. The maximum absolute atomic E-state index is 6.96. The average Bonchev–Trinajstić information content (AvgIpc) is 3.55. The molecule has 1 saturated heterocycles. The fourth-order valence-electron chi connectivity index (χ4n) is 5.32. The van der Waals surface area contributed by atoms with Crippen LogP contribution in [-0.4, -0.2) is 51.0 Å². The van der Waals surface area contributed by atoms with Gasteiger partial charge in [0.2, 0.25) is 0 Å². The molecule has 3 aromatic carbocycles. The van der Waals surface area contributed by atoms with Crippen LogP contribution in [0.1, 0.15) is 40.9 Å². The van der Waals surface area contributed by atoms with Crippen molar-refractivity contribution in [2.45, 2.75) is 24.5 Å². The summed E-state index contributed by atoms with van der Waals surface area (Å²) in [6.45, 7) is 3.82. The van der Waals surface area contributed by atoms with Crippen LogP contribution in [-0.2, 0) is 6.42 Å². The number of nitrogens with one attached hydrogen (secondary N) is 3. The molecular formula is C28H32N8. The van der Waals surface area contributed by atoms with E-state index in [9.17, 15) is 0 Å². The van der Waals surface area contributed by atoms with Crippen molar-refractivity contribution < 1.29 is 0 Å². The number of hydrogen-bond donors (Lipinski definition) is 5. The van der Waals surface area contributed by atoms with Gasteiger partial charge < -0.3 is 26.8 Å². The molecule has 1 aliphatic heterocycles. The van der Waals surface area contributed by atoms with Crippen LogP contribution < -0.4 is 16.8 Å². The maximum atomic E-state index is 6.96. The van der Waals surface area contributed by atoms with E-state index in [4.69, 9.17) is 21.4 Å². The number of fused-ring (bicyclic) bond motifs is 2. The van der Waals surface area contributed by atoms with Crippen molar-refractivity contribution >= 4 is 22.1 Å². The number of rotatable bonds is 7.